The lowest BCUT2D eigenvalue weighted by atomic mass is 10.1. The smallest absolute Gasteiger partial charge is 0.269 e. The van der Waals surface area contributed by atoms with Gasteiger partial charge in [-0.3, -0.25) is 15.0 Å². The van der Waals surface area contributed by atoms with Crippen LogP contribution in [0, 0.1) is 15.9 Å². The Bertz CT molecular complexity index is 1040. The zero-order chi connectivity index (χ0) is 19.7. The quantitative estimate of drug-likeness (QED) is 0.481. The average Bonchev–Trinajstić information content (AvgIpc) is 2.69. The zero-order valence-corrected chi connectivity index (χ0v) is 15.6. The maximum atomic E-state index is 14.1. The number of benzene rings is 2. The fraction of sp³-hybridized carbons (Fsp3) is 0.200. The molecule has 28 heavy (non-hydrogen) atoms. The molecule has 0 spiro atoms. The van der Waals surface area contributed by atoms with Crippen molar-refractivity contribution < 1.29 is 9.31 Å². The fourth-order valence-corrected chi connectivity index (χ4v) is 3.41. The van der Waals surface area contributed by atoms with Gasteiger partial charge in [-0.2, -0.15) is 0 Å². The first-order chi connectivity index (χ1) is 13.5. The second-order valence-electron chi connectivity index (χ2n) is 6.67. The van der Waals surface area contributed by atoms with Crippen molar-refractivity contribution in [3.8, 4) is 11.4 Å². The number of non-ortho nitro benzene ring substituents is 1. The summed E-state index contributed by atoms with van der Waals surface area (Å²) >= 11 is 5.92. The summed E-state index contributed by atoms with van der Waals surface area (Å²) in [4.78, 5) is 21.6. The van der Waals surface area contributed by atoms with E-state index in [9.17, 15) is 14.5 Å². The van der Waals surface area contributed by atoms with Crippen molar-refractivity contribution in [2.24, 2.45) is 0 Å². The van der Waals surface area contributed by atoms with Crippen LogP contribution in [0.25, 0.3) is 11.4 Å². The highest BCUT2D eigenvalue weighted by Crippen LogP contribution is 2.24. The molecule has 4 rings (SSSR count). The molecule has 0 bridgehead atoms. The largest absolute Gasteiger partial charge is 0.294 e. The van der Waals surface area contributed by atoms with E-state index in [1.54, 1.807) is 18.3 Å². The summed E-state index contributed by atoms with van der Waals surface area (Å²) in [5.74, 6) is 0.208. The van der Waals surface area contributed by atoms with Crippen molar-refractivity contribution in [2.75, 3.05) is 6.54 Å². The molecule has 2 heterocycles. The molecule has 142 valence electrons. The summed E-state index contributed by atoms with van der Waals surface area (Å²) in [6.45, 7) is 1.55. The summed E-state index contributed by atoms with van der Waals surface area (Å²) in [6, 6.07) is 11.0. The summed E-state index contributed by atoms with van der Waals surface area (Å²) in [6.07, 6.45) is 2.50. The van der Waals surface area contributed by atoms with Crippen molar-refractivity contribution in [3.63, 3.8) is 0 Å². The second-order valence-corrected chi connectivity index (χ2v) is 7.10. The number of hydrogen-bond donors (Lipinski definition) is 0. The van der Waals surface area contributed by atoms with Gasteiger partial charge in [0, 0.05) is 66.1 Å². The van der Waals surface area contributed by atoms with E-state index in [-0.39, 0.29) is 5.69 Å². The lowest BCUT2D eigenvalue weighted by molar-refractivity contribution is -0.385. The van der Waals surface area contributed by atoms with Crippen molar-refractivity contribution in [1.29, 1.82) is 0 Å². The summed E-state index contributed by atoms with van der Waals surface area (Å²) in [5.41, 5.74) is 3.06. The minimum atomic E-state index is -0.513. The topological polar surface area (TPSA) is 72.2 Å². The van der Waals surface area contributed by atoms with E-state index in [0.717, 1.165) is 22.9 Å². The number of nitrogens with zero attached hydrogens (tertiary/aromatic N) is 4. The van der Waals surface area contributed by atoms with Gasteiger partial charge in [-0.25, -0.2) is 14.4 Å². The monoisotopic (exact) mass is 398 g/mol. The van der Waals surface area contributed by atoms with E-state index < -0.39 is 10.7 Å². The van der Waals surface area contributed by atoms with Crippen molar-refractivity contribution in [1.82, 2.24) is 14.9 Å². The first-order valence-electron chi connectivity index (χ1n) is 8.75. The van der Waals surface area contributed by atoms with Gasteiger partial charge >= 0.3 is 0 Å². The number of aromatic nitrogens is 2. The summed E-state index contributed by atoms with van der Waals surface area (Å²) in [7, 11) is 0. The summed E-state index contributed by atoms with van der Waals surface area (Å²) < 4.78 is 14.1. The maximum Gasteiger partial charge on any atom is 0.269 e. The Labute approximate surface area is 165 Å². The van der Waals surface area contributed by atoms with Gasteiger partial charge in [0.25, 0.3) is 5.69 Å². The van der Waals surface area contributed by atoms with Crippen LogP contribution in [-0.2, 0) is 19.5 Å². The van der Waals surface area contributed by atoms with Crippen LogP contribution in [0.4, 0.5) is 10.1 Å². The highest BCUT2D eigenvalue weighted by atomic mass is 35.5. The van der Waals surface area contributed by atoms with Gasteiger partial charge in [-0.15, -0.1) is 0 Å². The van der Waals surface area contributed by atoms with Crippen LogP contribution in [0.3, 0.4) is 0 Å². The van der Waals surface area contributed by atoms with Crippen LogP contribution in [-0.4, -0.2) is 26.3 Å². The molecule has 0 aliphatic carbocycles. The van der Waals surface area contributed by atoms with Gasteiger partial charge < -0.3 is 0 Å². The predicted octanol–water partition coefficient (Wildman–Crippen LogP) is 4.40. The highest BCUT2D eigenvalue weighted by Gasteiger charge is 2.21. The highest BCUT2D eigenvalue weighted by molar-refractivity contribution is 6.30. The third-order valence-corrected chi connectivity index (χ3v) is 5.00. The van der Waals surface area contributed by atoms with Crippen LogP contribution in [0.1, 0.15) is 16.8 Å². The van der Waals surface area contributed by atoms with Crippen LogP contribution in [0.15, 0.2) is 48.7 Å². The van der Waals surface area contributed by atoms with Crippen molar-refractivity contribution in [2.45, 2.75) is 19.5 Å². The van der Waals surface area contributed by atoms with Crippen LogP contribution < -0.4 is 0 Å². The molecule has 3 aromatic rings. The van der Waals surface area contributed by atoms with Crippen LogP contribution >= 0.6 is 11.6 Å². The van der Waals surface area contributed by atoms with Gasteiger partial charge in [0.05, 0.1) is 10.6 Å². The Hall–Kier alpha value is -2.90. The third kappa shape index (κ3) is 3.85. The molecule has 6 nitrogen and oxygen atoms in total. The SMILES string of the molecule is O=[N+]([O-])c1ccc(F)c(CN2CCc3nc(-c4ccc(Cl)cc4)ncc3C2)c1. The summed E-state index contributed by atoms with van der Waals surface area (Å²) in [5, 5.41) is 11.6. The van der Waals surface area contributed by atoms with E-state index in [0.29, 0.717) is 42.5 Å². The predicted molar refractivity (Wildman–Crippen MR) is 103 cm³/mol. The van der Waals surface area contributed by atoms with Crippen LogP contribution in [0.5, 0.6) is 0 Å². The molecular weight excluding hydrogens is 383 g/mol. The molecule has 0 amide bonds. The van der Waals surface area contributed by atoms with E-state index in [1.165, 1.54) is 12.1 Å². The van der Waals surface area contributed by atoms with Crippen LogP contribution in [0.2, 0.25) is 5.02 Å². The molecule has 0 saturated heterocycles. The zero-order valence-electron chi connectivity index (χ0n) is 14.8. The Morgan fingerprint density at radius 1 is 1.21 bits per heavy atom. The lowest BCUT2D eigenvalue weighted by Crippen LogP contribution is -2.31. The van der Waals surface area contributed by atoms with Gasteiger partial charge in [-0.05, 0) is 30.3 Å². The molecule has 0 radical (unpaired) electrons. The minimum absolute atomic E-state index is 0.107. The molecule has 0 atom stereocenters. The molecule has 2 aromatic carbocycles. The second kappa shape index (κ2) is 7.61. The molecule has 8 heteroatoms. The number of nitro groups is 1. The van der Waals surface area contributed by atoms with E-state index >= 15 is 0 Å². The molecule has 0 unspecified atom stereocenters. The van der Waals surface area contributed by atoms with Crippen molar-refractivity contribution >= 4 is 17.3 Å². The first-order valence-corrected chi connectivity index (χ1v) is 9.13. The molecular formula is C20H16ClFN4O2. The standard InChI is InChI=1S/C20H16ClFN4O2/c21-16-3-1-13(2-4-16)20-23-10-15-12-25(8-7-19(15)24-20)11-14-9-17(26(27)28)5-6-18(14)22/h1-6,9-10H,7-8,11-12H2. The van der Waals surface area contributed by atoms with E-state index in [1.807, 2.05) is 17.0 Å². The Kier molecular flexibility index (Phi) is 5.02. The maximum absolute atomic E-state index is 14.1. The van der Waals surface area contributed by atoms with E-state index in [4.69, 9.17) is 11.6 Å². The molecule has 0 saturated carbocycles. The fourth-order valence-electron chi connectivity index (χ4n) is 3.28. The van der Waals surface area contributed by atoms with Gasteiger partial charge in [-0.1, -0.05) is 11.6 Å². The van der Waals surface area contributed by atoms with Gasteiger partial charge in [0.15, 0.2) is 5.82 Å². The number of nitro benzene ring substituents is 1. The molecule has 1 aliphatic heterocycles. The minimum Gasteiger partial charge on any atom is -0.294 e. The normalized spacial score (nSPS) is 13.9. The number of fused-ring (bicyclic) bond motifs is 1. The Balaban J connectivity index is 1.52. The number of rotatable bonds is 4. The van der Waals surface area contributed by atoms with Crippen molar-refractivity contribution in [3.05, 3.63) is 86.4 Å². The van der Waals surface area contributed by atoms with E-state index in [2.05, 4.69) is 9.97 Å². The lowest BCUT2D eigenvalue weighted by Gasteiger charge is -2.28. The average molecular weight is 399 g/mol. The first kappa shape index (κ1) is 18.5. The molecule has 1 aromatic heterocycles. The van der Waals surface area contributed by atoms with Gasteiger partial charge in [0.1, 0.15) is 5.82 Å². The number of halogens is 2. The molecule has 0 N–H and O–H groups in total. The third-order valence-electron chi connectivity index (χ3n) is 4.75. The molecule has 0 fully saturated rings. The van der Waals surface area contributed by atoms with Gasteiger partial charge in [0.2, 0.25) is 0 Å². The Morgan fingerprint density at radius 3 is 2.75 bits per heavy atom. The Morgan fingerprint density at radius 2 is 2.00 bits per heavy atom. The number of hydrogen-bond acceptors (Lipinski definition) is 5. The molecule has 1 aliphatic rings.